The predicted octanol–water partition coefficient (Wildman–Crippen LogP) is 2.18. The predicted molar refractivity (Wildman–Crippen MR) is 107 cm³/mol. The number of aryl methyl sites for hydroxylation is 1. The molecule has 162 valence electrons. The fourth-order valence-corrected chi connectivity index (χ4v) is 5.16. The number of pyridine rings is 1. The van der Waals surface area contributed by atoms with E-state index in [1.54, 1.807) is 12.1 Å². The van der Waals surface area contributed by atoms with Gasteiger partial charge in [-0.25, -0.2) is 9.59 Å². The number of para-hydroxylation sites is 1. The van der Waals surface area contributed by atoms with Gasteiger partial charge in [0.25, 0.3) is 0 Å². The molecule has 9 heteroatoms. The average Bonchev–Trinajstić information content (AvgIpc) is 3.13. The number of likely N-dealkylation sites (tertiary alicyclic amines) is 1. The molecule has 2 saturated heterocycles. The molecular formula is C22H22N2O7. The number of benzene rings is 1. The van der Waals surface area contributed by atoms with Crippen molar-refractivity contribution < 1.29 is 33.3 Å². The lowest BCUT2D eigenvalue weighted by Gasteiger charge is -2.42. The van der Waals surface area contributed by atoms with Crippen LogP contribution in [0.25, 0.3) is 16.7 Å². The molecule has 1 aromatic carbocycles. The largest absolute Gasteiger partial charge is 0.618 e. The molecule has 3 heterocycles. The number of hydrogen-bond acceptors (Lipinski definition) is 7. The highest BCUT2D eigenvalue weighted by Crippen LogP contribution is 2.53. The fourth-order valence-electron chi connectivity index (χ4n) is 5.16. The monoisotopic (exact) mass is 426 g/mol. The molecule has 1 aromatic heterocycles. The number of amides is 1. The minimum Gasteiger partial charge on any atom is -0.618 e. The van der Waals surface area contributed by atoms with Crippen molar-refractivity contribution in [3.05, 3.63) is 51.9 Å². The Balaban J connectivity index is 1.87. The molecular weight excluding hydrogens is 404 g/mol. The van der Waals surface area contributed by atoms with Crippen molar-refractivity contribution in [3.63, 3.8) is 0 Å². The second kappa shape index (κ2) is 7.12. The summed E-state index contributed by atoms with van der Waals surface area (Å²) in [6.07, 6.45) is -0.557. The first kappa shape index (κ1) is 19.6. The number of carbonyl (C=O) groups excluding carboxylic acids is 2. The average molecular weight is 426 g/mol. The number of aromatic nitrogens is 1. The summed E-state index contributed by atoms with van der Waals surface area (Å²) in [5.74, 6) is -0.737. The van der Waals surface area contributed by atoms with Crippen LogP contribution in [0.1, 0.15) is 29.3 Å². The lowest BCUT2D eigenvalue weighted by Crippen LogP contribution is -2.53. The van der Waals surface area contributed by atoms with Gasteiger partial charge in [-0.3, -0.25) is 4.90 Å². The third kappa shape index (κ3) is 2.62. The zero-order valence-corrected chi connectivity index (χ0v) is 17.4. The normalized spacial score (nSPS) is 24.0. The minimum absolute atomic E-state index is 0.0978. The van der Waals surface area contributed by atoms with Crippen LogP contribution in [0.2, 0.25) is 0 Å². The van der Waals surface area contributed by atoms with E-state index in [9.17, 15) is 14.8 Å². The molecule has 0 unspecified atom stereocenters. The number of rotatable bonds is 3. The summed E-state index contributed by atoms with van der Waals surface area (Å²) in [6.45, 7) is 2.08. The summed E-state index contributed by atoms with van der Waals surface area (Å²) >= 11 is 0. The van der Waals surface area contributed by atoms with Gasteiger partial charge in [-0.2, -0.15) is 4.73 Å². The third-order valence-corrected chi connectivity index (χ3v) is 6.40. The Hall–Kier alpha value is -3.33. The highest BCUT2D eigenvalue weighted by Gasteiger charge is 2.59. The van der Waals surface area contributed by atoms with Crippen molar-refractivity contribution in [2.75, 3.05) is 27.6 Å². The Morgan fingerprint density at radius 2 is 2.10 bits per heavy atom. The molecule has 2 aliphatic heterocycles. The van der Waals surface area contributed by atoms with E-state index in [-0.39, 0.29) is 12.6 Å². The first-order valence-corrected chi connectivity index (χ1v) is 10.1. The molecule has 0 saturated carbocycles. The van der Waals surface area contributed by atoms with E-state index in [4.69, 9.17) is 18.9 Å². The topological polar surface area (TPSA) is 101 Å². The number of ether oxygens (including phenoxy) is 4. The van der Waals surface area contributed by atoms with Gasteiger partial charge in [-0.15, -0.1) is 0 Å². The lowest BCUT2D eigenvalue weighted by molar-refractivity contribution is -0.590. The van der Waals surface area contributed by atoms with Crippen LogP contribution in [-0.2, 0) is 23.7 Å². The maximum Gasteiger partial charge on any atom is 0.410 e. The second-order valence-corrected chi connectivity index (χ2v) is 7.86. The van der Waals surface area contributed by atoms with Crippen LogP contribution < -0.4 is 4.73 Å². The first-order chi connectivity index (χ1) is 15.0. The number of esters is 1. The van der Waals surface area contributed by atoms with Crippen molar-refractivity contribution in [2.24, 2.45) is 5.92 Å². The molecule has 0 spiro atoms. The number of piperidine rings is 1. The molecule has 1 amide bonds. The van der Waals surface area contributed by atoms with Crippen LogP contribution in [0.5, 0.6) is 0 Å². The second-order valence-electron chi connectivity index (χ2n) is 7.86. The van der Waals surface area contributed by atoms with Gasteiger partial charge in [-0.05, 0) is 18.6 Å². The van der Waals surface area contributed by atoms with Crippen molar-refractivity contribution in [3.8, 4) is 0 Å². The van der Waals surface area contributed by atoms with Crippen LogP contribution in [0.3, 0.4) is 0 Å². The van der Waals surface area contributed by atoms with E-state index < -0.39 is 30.1 Å². The smallest absolute Gasteiger partial charge is 0.410 e. The lowest BCUT2D eigenvalue weighted by atomic mass is 9.74. The van der Waals surface area contributed by atoms with Crippen LogP contribution in [-0.4, -0.2) is 50.6 Å². The summed E-state index contributed by atoms with van der Waals surface area (Å²) in [6, 6.07) is 6.51. The molecule has 31 heavy (non-hydrogen) atoms. The molecule has 9 nitrogen and oxygen atoms in total. The molecule has 1 aliphatic carbocycles. The molecule has 3 aliphatic rings. The fraction of sp³-hybridized carbons (Fsp3) is 0.409. The summed E-state index contributed by atoms with van der Waals surface area (Å²) in [5, 5.41) is 14.4. The standard InChI is InChI=1S/C22H22N2O7/c1-11-12-6-4-5-7-13(12)24(27)19-15(11)20(30-10-28-2)17-16-14(31-21(17)25)8-9-23(18(16)19)22(26)29-3/h4-7,14,16,18H,8-10H2,1-3H3/t14-,16+,18+/m0/s1. The summed E-state index contributed by atoms with van der Waals surface area (Å²) in [5.41, 5.74) is 2.44. The molecule has 0 bridgehead atoms. The Kier molecular flexibility index (Phi) is 4.51. The van der Waals surface area contributed by atoms with Gasteiger partial charge >= 0.3 is 12.1 Å². The van der Waals surface area contributed by atoms with Crippen LogP contribution >= 0.6 is 0 Å². The Morgan fingerprint density at radius 3 is 2.84 bits per heavy atom. The Labute approximate surface area is 178 Å². The highest BCUT2D eigenvalue weighted by molar-refractivity contribution is 6.02. The van der Waals surface area contributed by atoms with Gasteiger partial charge in [0, 0.05) is 26.1 Å². The number of hydrogen-bond donors (Lipinski definition) is 0. The maximum absolute atomic E-state index is 13.7. The van der Waals surface area contributed by atoms with Crippen LogP contribution in [0.15, 0.2) is 29.8 Å². The molecule has 5 rings (SSSR count). The molecule has 2 fully saturated rings. The number of fused-ring (bicyclic) bond motifs is 3. The zero-order valence-electron chi connectivity index (χ0n) is 17.4. The molecule has 2 aromatic rings. The zero-order chi connectivity index (χ0) is 21.9. The highest BCUT2D eigenvalue weighted by atomic mass is 16.7. The molecule has 0 radical (unpaired) electrons. The minimum atomic E-state index is -0.710. The molecule has 0 N–H and O–H groups in total. The van der Waals surface area contributed by atoms with E-state index >= 15 is 0 Å². The first-order valence-electron chi connectivity index (χ1n) is 10.1. The van der Waals surface area contributed by atoms with E-state index in [1.807, 2.05) is 19.1 Å². The number of nitrogens with zero attached hydrogens (tertiary/aromatic N) is 2. The number of methoxy groups -OCH3 is 2. The molecule has 3 atom stereocenters. The van der Waals surface area contributed by atoms with E-state index in [0.717, 1.165) is 15.7 Å². The summed E-state index contributed by atoms with van der Waals surface area (Å²) in [4.78, 5) is 27.1. The van der Waals surface area contributed by atoms with Gasteiger partial charge in [-0.1, -0.05) is 12.1 Å². The van der Waals surface area contributed by atoms with E-state index in [1.165, 1.54) is 19.1 Å². The van der Waals surface area contributed by atoms with E-state index in [2.05, 4.69) is 0 Å². The number of carbonyl (C=O) groups is 2. The van der Waals surface area contributed by atoms with Gasteiger partial charge in [0.1, 0.15) is 17.9 Å². The quantitative estimate of drug-likeness (QED) is 0.321. The summed E-state index contributed by atoms with van der Waals surface area (Å²) in [7, 11) is 2.78. The van der Waals surface area contributed by atoms with Gasteiger partial charge in [0.05, 0.1) is 29.6 Å². The van der Waals surface area contributed by atoms with Gasteiger partial charge in [0.15, 0.2) is 6.79 Å². The van der Waals surface area contributed by atoms with E-state index in [0.29, 0.717) is 35.3 Å². The van der Waals surface area contributed by atoms with Crippen LogP contribution in [0.4, 0.5) is 4.79 Å². The third-order valence-electron chi connectivity index (χ3n) is 6.40. The Morgan fingerprint density at radius 1 is 1.32 bits per heavy atom. The van der Waals surface area contributed by atoms with Crippen molar-refractivity contribution in [1.82, 2.24) is 4.90 Å². The van der Waals surface area contributed by atoms with Crippen molar-refractivity contribution in [2.45, 2.75) is 25.5 Å². The van der Waals surface area contributed by atoms with Crippen molar-refractivity contribution >= 4 is 28.7 Å². The Bertz CT molecular complexity index is 1140. The van der Waals surface area contributed by atoms with Crippen molar-refractivity contribution in [1.29, 1.82) is 0 Å². The van der Waals surface area contributed by atoms with Gasteiger partial charge in [0.2, 0.25) is 11.2 Å². The SMILES string of the molecule is COCOC1=C2C(=O)O[C@H]3CCN(C(=O)OC)[C@@H](c4c1c(C)c1ccccc1[n+]4[O-])[C@@H]23. The summed E-state index contributed by atoms with van der Waals surface area (Å²) < 4.78 is 22.5. The maximum atomic E-state index is 13.7. The van der Waals surface area contributed by atoms with Gasteiger partial charge < -0.3 is 24.2 Å². The van der Waals surface area contributed by atoms with Crippen LogP contribution in [0, 0.1) is 18.0 Å².